The highest BCUT2D eigenvalue weighted by molar-refractivity contribution is 5.41. The fourth-order valence-electron chi connectivity index (χ4n) is 1.71. The Labute approximate surface area is 93.7 Å². The number of rotatable bonds is 3. The van der Waals surface area contributed by atoms with E-state index in [1.54, 1.807) is 18.3 Å². The van der Waals surface area contributed by atoms with Crippen LogP contribution in [0.4, 0.5) is 10.1 Å². The van der Waals surface area contributed by atoms with Crippen LogP contribution in [0.2, 0.25) is 0 Å². The lowest BCUT2D eigenvalue weighted by Gasteiger charge is -2.06. The first-order valence-electron chi connectivity index (χ1n) is 5.25. The zero-order valence-electron chi connectivity index (χ0n) is 9.15. The Bertz CT molecular complexity index is 474. The molecule has 1 aromatic heterocycles. The van der Waals surface area contributed by atoms with E-state index in [9.17, 15) is 4.39 Å². The summed E-state index contributed by atoms with van der Waals surface area (Å²) >= 11 is 0. The van der Waals surface area contributed by atoms with Gasteiger partial charge in [-0.15, -0.1) is 0 Å². The topological polar surface area (TPSA) is 43.8 Å². The van der Waals surface area contributed by atoms with Crippen molar-refractivity contribution in [3.63, 3.8) is 0 Å². The summed E-state index contributed by atoms with van der Waals surface area (Å²) in [5.41, 5.74) is 8.53. The van der Waals surface area contributed by atoms with E-state index >= 15 is 0 Å². The van der Waals surface area contributed by atoms with Crippen molar-refractivity contribution in [2.45, 2.75) is 19.9 Å². The molecular weight excluding hydrogens is 205 g/mol. The summed E-state index contributed by atoms with van der Waals surface area (Å²) in [5, 5.41) is 4.20. The summed E-state index contributed by atoms with van der Waals surface area (Å²) in [6, 6.07) is 6.42. The van der Waals surface area contributed by atoms with Gasteiger partial charge in [0.05, 0.1) is 24.1 Å². The van der Waals surface area contributed by atoms with Gasteiger partial charge in [-0.2, -0.15) is 5.10 Å². The Morgan fingerprint density at radius 3 is 2.62 bits per heavy atom. The van der Waals surface area contributed by atoms with E-state index in [0.717, 1.165) is 17.7 Å². The van der Waals surface area contributed by atoms with Crippen molar-refractivity contribution in [1.29, 1.82) is 0 Å². The zero-order valence-corrected chi connectivity index (χ0v) is 9.15. The van der Waals surface area contributed by atoms with Gasteiger partial charge < -0.3 is 5.73 Å². The van der Waals surface area contributed by atoms with Gasteiger partial charge >= 0.3 is 0 Å². The van der Waals surface area contributed by atoms with Crippen molar-refractivity contribution >= 4 is 5.69 Å². The van der Waals surface area contributed by atoms with Gasteiger partial charge in [0, 0.05) is 0 Å². The summed E-state index contributed by atoms with van der Waals surface area (Å²) in [5.74, 6) is -0.223. The number of hydrogen-bond acceptors (Lipinski definition) is 2. The molecule has 2 aromatic rings. The van der Waals surface area contributed by atoms with Gasteiger partial charge in [0.2, 0.25) is 0 Å². The molecule has 0 fully saturated rings. The normalized spacial score (nSPS) is 10.6. The summed E-state index contributed by atoms with van der Waals surface area (Å²) in [4.78, 5) is 0. The third kappa shape index (κ3) is 2.05. The lowest BCUT2D eigenvalue weighted by atomic mass is 10.2. The highest BCUT2D eigenvalue weighted by Crippen LogP contribution is 2.13. The molecule has 0 spiro atoms. The third-order valence-electron chi connectivity index (χ3n) is 2.56. The molecule has 16 heavy (non-hydrogen) atoms. The second-order valence-corrected chi connectivity index (χ2v) is 3.68. The van der Waals surface area contributed by atoms with Crippen LogP contribution in [-0.2, 0) is 13.0 Å². The van der Waals surface area contributed by atoms with E-state index in [1.165, 1.54) is 12.1 Å². The first kappa shape index (κ1) is 10.7. The molecule has 0 saturated carbocycles. The van der Waals surface area contributed by atoms with Crippen LogP contribution >= 0.6 is 0 Å². The Balaban J connectivity index is 2.23. The molecule has 2 N–H and O–H groups in total. The number of aromatic nitrogens is 2. The maximum absolute atomic E-state index is 12.7. The average Bonchev–Trinajstić information content (AvgIpc) is 2.63. The summed E-state index contributed by atoms with van der Waals surface area (Å²) in [6.07, 6.45) is 2.50. The average molecular weight is 219 g/mol. The van der Waals surface area contributed by atoms with Gasteiger partial charge in [-0.3, -0.25) is 4.68 Å². The molecule has 4 heteroatoms. The van der Waals surface area contributed by atoms with E-state index in [2.05, 4.69) is 5.10 Å². The predicted molar refractivity (Wildman–Crippen MR) is 61.5 cm³/mol. The van der Waals surface area contributed by atoms with Crippen molar-refractivity contribution in [3.05, 3.63) is 47.5 Å². The minimum absolute atomic E-state index is 0.223. The smallest absolute Gasteiger partial charge is 0.123 e. The first-order valence-corrected chi connectivity index (χ1v) is 5.25. The van der Waals surface area contributed by atoms with E-state index in [1.807, 2.05) is 11.6 Å². The number of nitrogens with two attached hydrogens (primary N) is 1. The van der Waals surface area contributed by atoms with Crippen LogP contribution in [0.1, 0.15) is 18.2 Å². The maximum Gasteiger partial charge on any atom is 0.123 e. The molecular formula is C12H14FN3. The number of anilines is 1. The zero-order chi connectivity index (χ0) is 11.5. The minimum atomic E-state index is -0.223. The van der Waals surface area contributed by atoms with Crippen molar-refractivity contribution in [3.8, 4) is 0 Å². The standard InChI is InChI=1S/C12H14FN3/c1-2-12-11(14)7-15-16(12)8-9-3-5-10(13)6-4-9/h3-7H,2,8,14H2,1H3. The molecule has 2 rings (SSSR count). The SMILES string of the molecule is CCc1c(N)cnn1Cc1ccc(F)cc1. The molecule has 0 atom stereocenters. The predicted octanol–water partition coefficient (Wildman–Crippen LogP) is 2.22. The second-order valence-electron chi connectivity index (χ2n) is 3.68. The Morgan fingerprint density at radius 1 is 1.31 bits per heavy atom. The molecule has 84 valence electrons. The highest BCUT2D eigenvalue weighted by atomic mass is 19.1. The van der Waals surface area contributed by atoms with Gasteiger partial charge in [-0.05, 0) is 24.1 Å². The van der Waals surface area contributed by atoms with Crippen molar-refractivity contribution in [1.82, 2.24) is 9.78 Å². The van der Waals surface area contributed by atoms with E-state index in [0.29, 0.717) is 12.2 Å². The van der Waals surface area contributed by atoms with Crippen LogP contribution in [-0.4, -0.2) is 9.78 Å². The third-order valence-corrected chi connectivity index (χ3v) is 2.56. The first-order chi connectivity index (χ1) is 7.70. The molecule has 0 aliphatic carbocycles. The monoisotopic (exact) mass is 219 g/mol. The lowest BCUT2D eigenvalue weighted by Crippen LogP contribution is -2.06. The van der Waals surface area contributed by atoms with Gasteiger partial charge in [0.25, 0.3) is 0 Å². The van der Waals surface area contributed by atoms with Crippen molar-refractivity contribution in [2.75, 3.05) is 5.73 Å². The number of nitrogens with zero attached hydrogens (tertiary/aromatic N) is 2. The van der Waals surface area contributed by atoms with E-state index in [-0.39, 0.29) is 5.82 Å². The van der Waals surface area contributed by atoms with Crippen LogP contribution in [0.3, 0.4) is 0 Å². The van der Waals surface area contributed by atoms with Gasteiger partial charge in [0.15, 0.2) is 0 Å². The van der Waals surface area contributed by atoms with Crippen LogP contribution in [0.25, 0.3) is 0 Å². The summed E-state index contributed by atoms with van der Waals surface area (Å²) in [7, 11) is 0. The Morgan fingerprint density at radius 2 is 2.00 bits per heavy atom. The van der Waals surface area contributed by atoms with Gasteiger partial charge in [-0.1, -0.05) is 19.1 Å². The lowest BCUT2D eigenvalue weighted by molar-refractivity contribution is 0.621. The van der Waals surface area contributed by atoms with Crippen molar-refractivity contribution in [2.24, 2.45) is 0 Å². The molecule has 0 saturated heterocycles. The van der Waals surface area contributed by atoms with Crippen LogP contribution < -0.4 is 5.73 Å². The number of halogens is 1. The maximum atomic E-state index is 12.7. The summed E-state index contributed by atoms with van der Waals surface area (Å²) < 4.78 is 14.6. The number of nitrogen functional groups attached to an aromatic ring is 1. The molecule has 1 heterocycles. The Kier molecular flexibility index (Phi) is 2.90. The van der Waals surface area contributed by atoms with Crippen LogP contribution in [0.15, 0.2) is 30.5 Å². The van der Waals surface area contributed by atoms with Crippen molar-refractivity contribution < 1.29 is 4.39 Å². The van der Waals surface area contributed by atoms with E-state index in [4.69, 9.17) is 5.73 Å². The molecule has 0 aliphatic heterocycles. The number of hydrogen-bond donors (Lipinski definition) is 1. The van der Waals surface area contributed by atoms with Gasteiger partial charge in [-0.25, -0.2) is 4.39 Å². The molecule has 1 aromatic carbocycles. The minimum Gasteiger partial charge on any atom is -0.396 e. The van der Waals surface area contributed by atoms with E-state index < -0.39 is 0 Å². The molecule has 0 aliphatic rings. The largest absolute Gasteiger partial charge is 0.396 e. The molecule has 0 amide bonds. The van der Waals surface area contributed by atoms with Gasteiger partial charge in [0.1, 0.15) is 5.82 Å². The highest BCUT2D eigenvalue weighted by Gasteiger charge is 2.06. The molecule has 0 unspecified atom stereocenters. The molecule has 3 nitrogen and oxygen atoms in total. The molecule has 0 radical (unpaired) electrons. The fourth-order valence-corrected chi connectivity index (χ4v) is 1.71. The number of benzene rings is 1. The van der Waals surface area contributed by atoms with Crippen LogP contribution in [0.5, 0.6) is 0 Å². The Hall–Kier alpha value is -1.84. The quantitative estimate of drug-likeness (QED) is 0.860. The molecule has 0 bridgehead atoms. The fraction of sp³-hybridized carbons (Fsp3) is 0.250. The van der Waals surface area contributed by atoms with Crippen LogP contribution in [0, 0.1) is 5.82 Å². The summed E-state index contributed by atoms with van der Waals surface area (Å²) in [6.45, 7) is 2.66. The second kappa shape index (κ2) is 4.35.